The van der Waals surface area contributed by atoms with Gasteiger partial charge in [0.2, 0.25) is 11.7 Å². The van der Waals surface area contributed by atoms with E-state index in [1.54, 1.807) is 9.80 Å². The van der Waals surface area contributed by atoms with Gasteiger partial charge in [-0.15, -0.1) is 0 Å². The average molecular weight is 705 g/mol. The predicted octanol–water partition coefficient (Wildman–Crippen LogP) is 3.22. The highest BCUT2D eigenvalue weighted by molar-refractivity contribution is 6.34. The number of rotatable bonds is 14. The van der Waals surface area contributed by atoms with Crippen LogP contribution in [0.3, 0.4) is 0 Å². The molecule has 1 aromatic heterocycles. The summed E-state index contributed by atoms with van der Waals surface area (Å²) in [5.41, 5.74) is 6.19. The molecule has 0 bridgehead atoms. The number of carboxylic acid groups (broad SMARTS) is 1. The van der Waals surface area contributed by atoms with Crippen molar-refractivity contribution in [3.05, 3.63) is 64.6 Å². The van der Waals surface area contributed by atoms with Crippen LogP contribution in [0.4, 0.5) is 14.5 Å². The molecule has 2 aromatic carbocycles. The molecule has 4 rings (SSSR count). The molecule has 13 nitrogen and oxygen atoms in total. The van der Waals surface area contributed by atoms with E-state index in [1.807, 2.05) is 7.05 Å². The lowest BCUT2D eigenvalue weighted by Gasteiger charge is -2.36. The van der Waals surface area contributed by atoms with E-state index in [0.29, 0.717) is 63.1 Å². The number of methoxy groups -OCH3 is 1. The van der Waals surface area contributed by atoms with Crippen molar-refractivity contribution in [1.29, 1.82) is 0 Å². The van der Waals surface area contributed by atoms with Crippen LogP contribution in [0.2, 0.25) is 5.02 Å². The van der Waals surface area contributed by atoms with Gasteiger partial charge in [-0.1, -0.05) is 11.6 Å². The number of carboxylic acids is 1. The number of halogens is 3. The summed E-state index contributed by atoms with van der Waals surface area (Å²) in [6.45, 7) is 2.91. The Balaban J connectivity index is 1.31. The van der Waals surface area contributed by atoms with Crippen molar-refractivity contribution in [1.82, 2.24) is 19.4 Å². The smallest absolute Gasteiger partial charge is 0.359 e. The van der Waals surface area contributed by atoms with Crippen LogP contribution in [-0.2, 0) is 16.6 Å². The van der Waals surface area contributed by atoms with Crippen LogP contribution >= 0.6 is 11.6 Å². The minimum absolute atomic E-state index is 0.0349. The number of likely N-dealkylation sites (N-methyl/N-ethyl adjacent to an activating group) is 1. The zero-order valence-electron chi connectivity index (χ0n) is 27.7. The van der Waals surface area contributed by atoms with Gasteiger partial charge in [-0.25, -0.2) is 14.2 Å². The number of nitrogens with zero attached hydrogens (tertiary/aromatic N) is 5. The molecule has 264 valence electrons. The number of amides is 3. The molecule has 1 aliphatic rings. The van der Waals surface area contributed by atoms with Gasteiger partial charge in [0.05, 0.1) is 49.7 Å². The van der Waals surface area contributed by atoms with E-state index >= 15 is 0 Å². The van der Waals surface area contributed by atoms with Gasteiger partial charge in [-0.2, -0.15) is 4.39 Å². The quantitative estimate of drug-likeness (QED) is 0.216. The zero-order valence-corrected chi connectivity index (χ0v) is 28.4. The first-order valence-electron chi connectivity index (χ1n) is 15.8. The predicted molar refractivity (Wildman–Crippen MR) is 178 cm³/mol. The number of aromatic nitrogens is 2. The highest BCUT2D eigenvalue weighted by atomic mass is 35.5. The fraction of sp³-hybridized carbons (Fsp3) is 0.424. The van der Waals surface area contributed by atoms with Crippen molar-refractivity contribution in [2.75, 3.05) is 71.8 Å². The molecule has 4 N–H and O–H groups in total. The first-order chi connectivity index (χ1) is 23.3. The van der Waals surface area contributed by atoms with Crippen molar-refractivity contribution >= 4 is 41.0 Å². The number of hydrogen-bond acceptors (Lipinski definition) is 7. The number of piperazine rings is 1. The summed E-state index contributed by atoms with van der Waals surface area (Å²) in [4.78, 5) is 57.9. The minimum Gasteiger partial charge on any atom is -0.494 e. The summed E-state index contributed by atoms with van der Waals surface area (Å²) in [6, 6.07) is 7.05. The molecule has 3 amide bonds. The van der Waals surface area contributed by atoms with Crippen molar-refractivity contribution in [2.45, 2.75) is 19.3 Å². The average Bonchev–Trinajstić information content (AvgIpc) is 3.45. The van der Waals surface area contributed by atoms with E-state index in [4.69, 9.17) is 22.1 Å². The van der Waals surface area contributed by atoms with E-state index < -0.39 is 23.5 Å². The summed E-state index contributed by atoms with van der Waals surface area (Å²) >= 11 is 6.46. The molecule has 1 aliphatic heterocycles. The Bertz CT molecular complexity index is 1710. The molecular formula is C33H41ClF2N7O6+. The fourth-order valence-electron chi connectivity index (χ4n) is 5.88. The summed E-state index contributed by atoms with van der Waals surface area (Å²) in [7, 11) is 4.57. The Labute approximate surface area is 287 Å². The van der Waals surface area contributed by atoms with E-state index in [-0.39, 0.29) is 63.9 Å². The molecule has 1 atom stereocenters. The first kappa shape index (κ1) is 37.2. The Kier molecular flexibility index (Phi) is 12.3. The van der Waals surface area contributed by atoms with Crippen molar-refractivity contribution in [3.63, 3.8) is 0 Å². The molecule has 0 aliphatic carbocycles. The number of anilines is 1. The normalized spacial score (nSPS) is 14.3. The van der Waals surface area contributed by atoms with Gasteiger partial charge in [0, 0.05) is 63.7 Å². The van der Waals surface area contributed by atoms with Crippen LogP contribution in [0.25, 0.3) is 11.3 Å². The topological polar surface area (TPSA) is 160 Å². The summed E-state index contributed by atoms with van der Waals surface area (Å²) < 4.78 is 35.4. The van der Waals surface area contributed by atoms with Crippen molar-refractivity contribution < 1.29 is 42.3 Å². The van der Waals surface area contributed by atoms with E-state index in [1.165, 1.54) is 55.3 Å². The highest BCUT2D eigenvalue weighted by Gasteiger charge is 2.29. The number of carbonyl (C=O) groups is 4. The van der Waals surface area contributed by atoms with E-state index in [9.17, 15) is 33.1 Å². The van der Waals surface area contributed by atoms with Gasteiger partial charge in [0.15, 0.2) is 23.9 Å². The largest absolute Gasteiger partial charge is 0.494 e. The molecule has 49 heavy (non-hydrogen) atoms. The molecular weight excluding hydrogens is 664 g/mol. The van der Waals surface area contributed by atoms with Gasteiger partial charge < -0.3 is 39.7 Å². The Hall–Kier alpha value is -4.60. The number of aliphatic carboxylic acids is 1. The summed E-state index contributed by atoms with van der Waals surface area (Å²) in [6.07, 6.45) is 2.76. The second-order valence-corrected chi connectivity index (χ2v) is 12.6. The molecule has 16 heteroatoms. The molecule has 1 fully saturated rings. The molecule has 3 aromatic rings. The third-order valence-corrected chi connectivity index (χ3v) is 8.93. The van der Waals surface area contributed by atoms with Gasteiger partial charge in [0.25, 0.3) is 11.8 Å². The van der Waals surface area contributed by atoms with Gasteiger partial charge in [0.1, 0.15) is 0 Å². The van der Waals surface area contributed by atoms with Gasteiger partial charge in [-0.3, -0.25) is 14.4 Å². The maximum atomic E-state index is 14.7. The molecule has 2 heterocycles. The maximum absolute atomic E-state index is 14.7. The number of imidazole rings is 1. The second-order valence-electron chi connectivity index (χ2n) is 12.2. The van der Waals surface area contributed by atoms with Crippen LogP contribution in [0, 0.1) is 11.6 Å². The lowest BCUT2D eigenvalue weighted by molar-refractivity contribution is -0.902. The standard InChI is InChI=1S/C33H40ClF2N7O6/c1-40-25(23-9-10-26(49-3)30(36)29(23)35)19-38-31(40)32(47)39-21-7-8-22(24(34)18-21)33(48)42-14-12-41(13-15-42)27(44)6-4-16-43(2,17-5-11-37)20-28(45)46/h7-10,18-19H,4-6,11-17,20,37H2,1-3H3,(H-,39,45,46,47,48)/p+1. The van der Waals surface area contributed by atoms with Crippen molar-refractivity contribution in [2.24, 2.45) is 12.8 Å². The van der Waals surface area contributed by atoms with Crippen LogP contribution in [0.1, 0.15) is 40.2 Å². The molecule has 1 unspecified atom stereocenters. The van der Waals surface area contributed by atoms with Crippen LogP contribution < -0.4 is 15.8 Å². The number of nitrogens with two attached hydrogens (primary N) is 1. The number of ether oxygens (including phenoxy) is 1. The van der Waals surface area contributed by atoms with E-state index in [2.05, 4.69) is 10.3 Å². The zero-order chi connectivity index (χ0) is 35.9. The molecule has 0 saturated carbocycles. The van der Waals surface area contributed by atoms with Crippen LogP contribution in [-0.4, -0.2) is 119 Å². The molecule has 1 saturated heterocycles. The van der Waals surface area contributed by atoms with E-state index in [0.717, 1.165) is 0 Å². The first-order valence-corrected chi connectivity index (χ1v) is 16.1. The lowest BCUT2D eigenvalue weighted by atomic mass is 10.1. The fourth-order valence-corrected chi connectivity index (χ4v) is 6.14. The summed E-state index contributed by atoms with van der Waals surface area (Å²) in [5.74, 6) is -4.53. The summed E-state index contributed by atoms with van der Waals surface area (Å²) in [5, 5.41) is 12.1. The number of nitrogens with one attached hydrogen (secondary N) is 1. The maximum Gasteiger partial charge on any atom is 0.359 e. The molecule has 0 spiro atoms. The number of hydrogen-bond donors (Lipinski definition) is 3. The minimum atomic E-state index is -1.16. The Morgan fingerprint density at radius 2 is 1.71 bits per heavy atom. The van der Waals surface area contributed by atoms with Crippen LogP contribution in [0.15, 0.2) is 36.5 Å². The van der Waals surface area contributed by atoms with Gasteiger partial charge in [-0.05, 0) is 36.9 Å². The second kappa shape index (κ2) is 16.2. The third-order valence-electron chi connectivity index (χ3n) is 8.62. The van der Waals surface area contributed by atoms with Crippen molar-refractivity contribution in [3.8, 4) is 17.0 Å². The number of carbonyl (C=O) groups excluding carboxylic acids is 3. The SMILES string of the molecule is COc1ccc(-c2cnc(C(=O)Nc3ccc(C(=O)N4CCN(C(=O)CCC[N+](C)(CCCN)CC(=O)O)CC4)c(Cl)c3)n2C)c(F)c1F. The number of quaternary nitrogens is 1. The van der Waals surface area contributed by atoms with Crippen LogP contribution in [0.5, 0.6) is 5.75 Å². The lowest BCUT2D eigenvalue weighted by Crippen LogP contribution is -2.51. The monoisotopic (exact) mass is 704 g/mol. The number of benzene rings is 2. The Morgan fingerprint density at radius 3 is 2.35 bits per heavy atom. The molecule has 0 radical (unpaired) electrons. The third kappa shape index (κ3) is 8.90. The highest BCUT2D eigenvalue weighted by Crippen LogP contribution is 2.30. The Morgan fingerprint density at radius 1 is 1.04 bits per heavy atom. The van der Waals surface area contributed by atoms with Gasteiger partial charge >= 0.3 is 5.97 Å².